The number of carboxylic acid groups (broad SMARTS) is 1. The summed E-state index contributed by atoms with van der Waals surface area (Å²) in [6, 6.07) is -0.884. The highest BCUT2D eigenvalue weighted by molar-refractivity contribution is 7.81. The zero-order valence-electron chi connectivity index (χ0n) is 6.23. The molecule has 11 heavy (non-hydrogen) atoms. The van der Waals surface area contributed by atoms with Crippen LogP contribution >= 0.6 is 12.6 Å². The van der Waals surface area contributed by atoms with Crippen LogP contribution in [0.25, 0.3) is 0 Å². The fourth-order valence-electron chi connectivity index (χ4n) is 0.671. The van der Waals surface area contributed by atoms with Crippen LogP contribution in [-0.2, 0) is 4.79 Å². The van der Waals surface area contributed by atoms with Crippen LogP contribution in [0, 0.1) is 0 Å². The van der Waals surface area contributed by atoms with E-state index in [2.05, 4.69) is 12.6 Å². The van der Waals surface area contributed by atoms with E-state index in [1.807, 2.05) is 0 Å². The van der Waals surface area contributed by atoms with Gasteiger partial charge in [-0.05, 0) is 19.4 Å². The molecule has 4 nitrogen and oxygen atoms in total. The molecule has 0 bridgehead atoms. The Hall–Kier alpha value is -0.260. The zero-order chi connectivity index (χ0) is 8.85. The molecule has 5 N–H and O–H groups in total. The molecule has 0 spiro atoms. The summed E-state index contributed by atoms with van der Waals surface area (Å²) < 4.78 is 0. The lowest BCUT2D eigenvalue weighted by Gasteiger charge is -2.13. The van der Waals surface area contributed by atoms with Crippen molar-refractivity contribution >= 4 is 18.6 Å². The second-order valence-electron chi connectivity index (χ2n) is 2.36. The molecule has 0 rings (SSSR count). The van der Waals surface area contributed by atoms with Gasteiger partial charge in [-0.15, -0.1) is 0 Å². The van der Waals surface area contributed by atoms with E-state index < -0.39 is 12.0 Å². The molecule has 2 atom stereocenters. The Balaban J connectivity index is 3.63. The Morgan fingerprint density at radius 3 is 2.55 bits per heavy atom. The Morgan fingerprint density at radius 2 is 2.18 bits per heavy atom. The minimum atomic E-state index is -1.01. The Kier molecular flexibility index (Phi) is 5.27. The van der Waals surface area contributed by atoms with Crippen LogP contribution in [0.2, 0.25) is 0 Å². The molecule has 0 aliphatic carbocycles. The lowest BCUT2D eigenvalue weighted by Crippen LogP contribution is -2.39. The summed E-state index contributed by atoms with van der Waals surface area (Å²) in [5, 5.41) is 8.15. The van der Waals surface area contributed by atoms with Crippen molar-refractivity contribution in [2.24, 2.45) is 11.5 Å². The van der Waals surface area contributed by atoms with E-state index in [4.69, 9.17) is 16.6 Å². The van der Waals surface area contributed by atoms with Crippen molar-refractivity contribution in [2.75, 3.05) is 6.54 Å². The lowest BCUT2D eigenvalue weighted by molar-refractivity contribution is -0.138. The molecule has 0 aliphatic rings. The van der Waals surface area contributed by atoms with E-state index in [1.54, 1.807) is 0 Å². The first-order valence-electron chi connectivity index (χ1n) is 3.46. The number of hydrogen-bond donors (Lipinski definition) is 4. The van der Waals surface area contributed by atoms with Gasteiger partial charge in [0.1, 0.15) is 6.04 Å². The van der Waals surface area contributed by atoms with E-state index in [0.29, 0.717) is 13.0 Å². The van der Waals surface area contributed by atoms with Crippen molar-refractivity contribution in [3.8, 4) is 0 Å². The number of carboxylic acids is 1. The third kappa shape index (κ3) is 4.23. The Bertz CT molecular complexity index is 132. The highest BCUT2D eigenvalue weighted by Crippen LogP contribution is 2.07. The zero-order valence-corrected chi connectivity index (χ0v) is 7.13. The van der Waals surface area contributed by atoms with E-state index in [0.717, 1.165) is 6.42 Å². The Morgan fingerprint density at radius 1 is 1.64 bits per heavy atom. The number of aliphatic carboxylic acids is 1. The SMILES string of the molecule is NCCCC(S)[C@H](N)C(=O)O. The topological polar surface area (TPSA) is 89.3 Å². The summed E-state index contributed by atoms with van der Waals surface area (Å²) in [4.78, 5) is 10.3. The summed E-state index contributed by atoms with van der Waals surface area (Å²) >= 11 is 4.04. The predicted octanol–water partition coefficient (Wildman–Crippen LogP) is -0.564. The van der Waals surface area contributed by atoms with Crippen LogP contribution in [0.3, 0.4) is 0 Å². The molecule has 1 unspecified atom stereocenters. The highest BCUT2D eigenvalue weighted by atomic mass is 32.1. The summed E-state index contributed by atoms with van der Waals surface area (Å²) in [6.45, 7) is 0.545. The predicted molar refractivity (Wildman–Crippen MR) is 46.7 cm³/mol. The van der Waals surface area contributed by atoms with Crippen molar-refractivity contribution in [3.05, 3.63) is 0 Å². The average Bonchev–Trinajstić information content (AvgIpc) is 1.98. The van der Waals surface area contributed by atoms with Crippen LogP contribution in [0.4, 0.5) is 0 Å². The number of hydrogen-bond acceptors (Lipinski definition) is 4. The number of nitrogens with two attached hydrogens (primary N) is 2. The van der Waals surface area contributed by atoms with E-state index in [9.17, 15) is 4.79 Å². The van der Waals surface area contributed by atoms with Gasteiger partial charge in [-0.25, -0.2) is 0 Å². The Labute approximate surface area is 71.4 Å². The van der Waals surface area contributed by atoms with Gasteiger partial charge in [-0.3, -0.25) is 4.79 Å². The van der Waals surface area contributed by atoms with Crippen LogP contribution in [0.5, 0.6) is 0 Å². The molecular formula is C6H14N2O2S. The molecule has 0 aromatic heterocycles. The molecule has 0 amide bonds. The molecule has 0 radical (unpaired) electrons. The van der Waals surface area contributed by atoms with Crippen molar-refractivity contribution in [2.45, 2.75) is 24.1 Å². The first-order chi connectivity index (χ1) is 5.09. The molecule has 0 fully saturated rings. The maximum Gasteiger partial charge on any atom is 0.321 e. The summed E-state index contributed by atoms with van der Waals surface area (Å²) in [5.74, 6) is -1.01. The van der Waals surface area contributed by atoms with Gasteiger partial charge in [-0.1, -0.05) is 0 Å². The molecule has 0 heterocycles. The molecule has 66 valence electrons. The van der Waals surface area contributed by atoms with Gasteiger partial charge in [0.05, 0.1) is 0 Å². The van der Waals surface area contributed by atoms with Gasteiger partial charge in [-0.2, -0.15) is 12.6 Å². The van der Waals surface area contributed by atoms with E-state index in [1.165, 1.54) is 0 Å². The fraction of sp³-hybridized carbons (Fsp3) is 0.833. The number of rotatable bonds is 5. The van der Waals surface area contributed by atoms with Gasteiger partial charge < -0.3 is 16.6 Å². The van der Waals surface area contributed by atoms with Gasteiger partial charge in [0.25, 0.3) is 0 Å². The van der Waals surface area contributed by atoms with Crippen molar-refractivity contribution < 1.29 is 9.90 Å². The second-order valence-corrected chi connectivity index (χ2v) is 3.03. The normalized spacial score (nSPS) is 15.9. The first kappa shape index (κ1) is 10.7. The van der Waals surface area contributed by atoms with E-state index >= 15 is 0 Å². The maximum atomic E-state index is 10.3. The minimum absolute atomic E-state index is 0.295. The first-order valence-corrected chi connectivity index (χ1v) is 3.97. The van der Waals surface area contributed by atoms with Gasteiger partial charge >= 0.3 is 5.97 Å². The number of thiol groups is 1. The third-order valence-electron chi connectivity index (χ3n) is 1.40. The summed E-state index contributed by atoms with van der Waals surface area (Å²) in [7, 11) is 0. The van der Waals surface area contributed by atoms with Crippen LogP contribution < -0.4 is 11.5 Å². The van der Waals surface area contributed by atoms with Crippen molar-refractivity contribution in [1.82, 2.24) is 0 Å². The third-order valence-corrected chi connectivity index (χ3v) is 1.98. The molecule has 0 saturated carbocycles. The molecule has 0 aromatic rings. The largest absolute Gasteiger partial charge is 0.480 e. The molecular weight excluding hydrogens is 164 g/mol. The molecule has 0 aromatic carbocycles. The van der Waals surface area contributed by atoms with E-state index in [-0.39, 0.29) is 5.25 Å². The van der Waals surface area contributed by atoms with Gasteiger partial charge in [0, 0.05) is 5.25 Å². The highest BCUT2D eigenvalue weighted by Gasteiger charge is 2.19. The van der Waals surface area contributed by atoms with Crippen LogP contribution in [-0.4, -0.2) is 28.9 Å². The van der Waals surface area contributed by atoms with Crippen molar-refractivity contribution in [3.63, 3.8) is 0 Å². The standard InChI is InChI=1S/C6H14N2O2S/c7-3-1-2-4(11)5(8)6(9)10/h4-5,11H,1-3,7-8H2,(H,9,10)/t4?,5-/m0/s1. The average molecular weight is 178 g/mol. The second kappa shape index (κ2) is 5.40. The lowest BCUT2D eigenvalue weighted by atomic mass is 10.1. The summed E-state index contributed by atoms with van der Waals surface area (Å²) in [5.41, 5.74) is 10.5. The van der Waals surface area contributed by atoms with Crippen LogP contribution in [0.1, 0.15) is 12.8 Å². The number of carbonyl (C=O) groups is 1. The van der Waals surface area contributed by atoms with Gasteiger partial charge in [0.15, 0.2) is 0 Å². The monoisotopic (exact) mass is 178 g/mol. The molecule has 5 heteroatoms. The summed E-state index contributed by atoms with van der Waals surface area (Å²) in [6.07, 6.45) is 1.40. The quantitative estimate of drug-likeness (QED) is 0.425. The van der Waals surface area contributed by atoms with Gasteiger partial charge in [0.2, 0.25) is 0 Å². The van der Waals surface area contributed by atoms with Crippen LogP contribution in [0.15, 0.2) is 0 Å². The maximum absolute atomic E-state index is 10.3. The molecule has 0 saturated heterocycles. The molecule has 0 aliphatic heterocycles. The van der Waals surface area contributed by atoms with Crippen molar-refractivity contribution in [1.29, 1.82) is 0 Å². The minimum Gasteiger partial charge on any atom is -0.480 e. The smallest absolute Gasteiger partial charge is 0.321 e. The fourth-order valence-corrected chi connectivity index (χ4v) is 0.981.